The molecule has 104 valence electrons. The maximum Gasteiger partial charge on any atom is 0.223 e. The fourth-order valence-corrected chi connectivity index (χ4v) is 2.55. The number of carbonyl (C=O) groups excluding carboxylic acids is 1. The van der Waals surface area contributed by atoms with Gasteiger partial charge in [0.2, 0.25) is 5.91 Å². The van der Waals surface area contributed by atoms with E-state index in [0.717, 1.165) is 25.1 Å². The monoisotopic (exact) mass is 261 g/mol. The largest absolute Gasteiger partial charge is 0.379 e. The number of amides is 1. The quantitative estimate of drug-likeness (QED) is 0.852. The van der Waals surface area contributed by atoms with Crippen molar-refractivity contribution in [2.75, 3.05) is 11.9 Å². The topological polar surface area (TPSA) is 58.4 Å². The number of hydrogen-bond donors (Lipinski definition) is 2. The molecule has 1 saturated heterocycles. The van der Waals surface area contributed by atoms with Gasteiger partial charge >= 0.3 is 0 Å². The molecule has 1 aliphatic rings. The van der Waals surface area contributed by atoms with E-state index in [4.69, 9.17) is 5.73 Å². The number of para-hydroxylation sites is 1. The standard InChI is InChI=1S/C15H23N3O/c1-3-12-7-4-5-8-13(12)17-11(2)15(16)18-10-6-9-14(18)19/h4-5,7-8,11,15,17H,3,6,9-10,16H2,1-2H3. The number of nitrogens with zero attached hydrogens (tertiary/aromatic N) is 1. The summed E-state index contributed by atoms with van der Waals surface area (Å²) in [4.78, 5) is 13.5. The molecule has 1 aliphatic heterocycles. The molecule has 2 atom stereocenters. The van der Waals surface area contributed by atoms with Crippen LogP contribution in [0.1, 0.15) is 32.3 Å². The Hall–Kier alpha value is -1.55. The number of rotatable bonds is 5. The first-order chi connectivity index (χ1) is 9.13. The van der Waals surface area contributed by atoms with Crippen LogP contribution < -0.4 is 11.1 Å². The summed E-state index contributed by atoms with van der Waals surface area (Å²) in [6.07, 6.45) is 2.27. The Balaban J connectivity index is 2.03. The number of nitrogens with two attached hydrogens (primary N) is 1. The van der Waals surface area contributed by atoms with Crippen LogP contribution in [-0.4, -0.2) is 29.6 Å². The zero-order chi connectivity index (χ0) is 13.8. The highest BCUT2D eigenvalue weighted by atomic mass is 16.2. The van der Waals surface area contributed by atoms with Gasteiger partial charge in [0.25, 0.3) is 0 Å². The number of hydrogen-bond acceptors (Lipinski definition) is 3. The van der Waals surface area contributed by atoms with Gasteiger partial charge in [0, 0.05) is 18.7 Å². The molecule has 1 aromatic carbocycles. The predicted octanol–water partition coefficient (Wildman–Crippen LogP) is 1.96. The molecule has 4 nitrogen and oxygen atoms in total. The molecule has 1 aromatic rings. The second kappa shape index (κ2) is 6.06. The van der Waals surface area contributed by atoms with Crippen molar-refractivity contribution in [3.8, 4) is 0 Å². The molecule has 1 heterocycles. The predicted molar refractivity (Wildman–Crippen MR) is 77.8 cm³/mol. The van der Waals surface area contributed by atoms with Crippen LogP contribution in [0.15, 0.2) is 24.3 Å². The molecule has 1 fully saturated rings. The van der Waals surface area contributed by atoms with Gasteiger partial charge in [-0.1, -0.05) is 25.1 Å². The van der Waals surface area contributed by atoms with Crippen LogP contribution in [0.2, 0.25) is 0 Å². The zero-order valence-corrected chi connectivity index (χ0v) is 11.7. The summed E-state index contributed by atoms with van der Waals surface area (Å²) in [5, 5.41) is 3.44. The third kappa shape index (κ3) is 3.07. The van der Waals surface area contributed by atoms with E-state index in [9.17, 15) is 4.79 Å². The van der Waals surface area contributed by atoms with E-state index in [1.807, 2.05) is 19.1 Å². The van der Waals surface area contributed by atoms with E-state index in [1.54, 1.807) is 4.90 Å². The van der Waals surface area contributed by atoms with Gasteiger partial charge in [-0.2, -0.15) is 0 Å². The van der Waals surface area contributed by atoms with E-state index < -0.39 is 0 Å². The van der Waals surface area contributed by atoms with E-state index in [0.29, 0.717) is 6.42 Å². The maximum absolute atomic E-state index is 11.7. The minimum Gasteiger partial charge on any atom is -0.379 e. The first kappa shape index (κ1) is 13.9. The Morgan fingerprint density at radius 3 is 2.79 bits per heavy atom. The van der Waals surface area contributed by atoms with Crippen molar-refractivity contribution in [2.24, 2.45) is 5.73 Å². The second-order valence-corrected chi connectivity index (χ2v) is 5.12. The molecule has 1 amide bonds. The van der Waals surface area contributed by atoms with E-state index >= 15 is 0 Å². The summed E-state index contributed by atoms with van der Waals surface area (Å²) >= 11 is 0. The molecular weight excluding hydrogens is 238 g/mol. The molecule has 0 spiro atoms. The van der Waals surface area contributed by atoms with E-state index in [2.05, 4.69) is 24.4 Å². The van der Waals surface area contributed by atoms with Crippen LogP contribution in [0.4, 0.5) is 5.69 Å². The number of carbonyl (C=O) groups is 1. The van der Waals surface area contributed by atoms with Crippen molar-refractivity contribution in [1.82, 2.24) is 4.90 Å². The van der Waals surface area contributed by atoms with Crippen molar-refractivity contribution >= 4 is 11.6 Å². The summed E-state index contributed by atoms with van der Waals surface area (Å²) in [5.74, 6) is 0.171. The SMILES string of the molecule is CCc1ccccc1NC(C)C(N)N1CCCC1=O. The van der Waals surface area contributed by atoms with Crippen molar-refractivity contribution in [3.05, 3.63) is 29.8 Å². The number of likely N-dealkylation sites (tertiary alicyclic amines) is 1. The molecule has 0 radical (unpaired) electrons. The summed E-state index contributed by atoms with van der Waals surface area (Å²) < 4.78 is 0. The Kier molecular flexibility index (Phi) is 4.43. The lowest BCUT2D eigenvalue weighted by atomic mass is 10.1. The zero-order valence-electron chi connectivity index (χ0n) is 11.7. The number of anilines is 1. The number of aryl methyl sites for hydroxylation is 1. The van der Waals surface area contributed by atoms with Crippen LogP contribution in [0, 0.1) is 0 Å². The Morgan fingerprint density at radius 1 is 1.42 bits per heavy atom. The van der Waals surface area contributed by atoms with Gasteiger partial charge in [-0.25, -0.2) is 0 Å². The van der Waals surface area contributed by atoms with Crippen LogP contribution in [0.25, 0.3) is 0 Å². The Bertz CT molecular complexity index is 447. The lowest BCUT2D eigenvalue weighted by Gasteiger charge is -2.31. The maximum atomic E-state index is 11.7. The van der Waals surface area contributed by atoms with E-state index in [1.165, 1.54) is 5.56 Å². The molecule has 0 bridgehead atoms. The van der Waals surface area contributed by atoms with Crippen LogP contribution in [0.5, 0.6) is 0 Å². The van der Waals surface area contributed by atoms with Crippen molar-refractivity contribution in [2.45, 2.75) is 45.3 Å². The van der Waals surface area contributed by atoms with Crippen molar-refractivity contribution in [1.29, 1.82) is 0 Å². The van der Waals surface area contributed by atoms with Crippen molar-refractivity contribution in [3.63, 3.8) is 0 Å². The highest BCUT2D eigenvalue weighted by Crippen LogP contribution is 2.19. The lowest BCUT2D eigenvalue weighted by Crippen LogP contribution is -2.52. The van der Waals surface area contributed by atoms with E-state index in [-0.39, 0.29) is 18.1 Å². The molecule has 19 heavy (non-hydrogen) atoms. The number of nitrogens with one attached hydrogen (secondary N) is 1. The highest BCUT2D eigenvalue weighted by Gasteiger charge is 2.28. The average molecular weight is 261 g/mol. The van der Waals surface area contributed by atoms with Gasteiger partial charge in [0.1, 0.15) is 0 Å². The third-order valence-corrected chi connectivity index (χ3v) is 3.76. The van der Waals surface area contributed by atoms with Gasteiger partial charge in [-0.05, 0) is 31.4 Å². The molecule has 0 aromatic heterocycles. The minimum atomic E-state index is -0.264. The van der Waals surface area contributed by atoms with Gasteiger partial charge in [0.15, 0.2) is 0 Å². The molecule has 0 aliphatic carbocycles. The van der Waals surface area contributed by atoms with Crippen molar-refractivity contribution < 1.29 is 4.79 Å². The normalized spacial score (nSPS) is 18.5. The van der Waals surface area contributed by atoms with Crippen LogP contribution in [-0.2, 0) is 11.2 Å². The van der Waals surface area contributed by atoms with Gasteiger partial charge < -0.3 is 16.0 Å². The molecule has 0 saturated carbocycles. The highest BCUT2D eigenvalue weighted by molar-refractivity contribution is 5.78. The Morgan fingerprint density at radius 2 is 2.16 bits per heavy atom. The number of benzene rings is 1. The molecular formula is C15H23N3O. The molecule has 3 N–H and O–H groups in total. The molecule has 2 rings (SSSR count). The summed E-state index contributed by atoms with van der Waals surface area (Å²) in [7, 11) is 0. The third-order valence-electron chi connectivity index (χ3n) is 3.76. The average Bonchev–Trinajstić information content (AvgIpc) is 2.84. The molecule has 2 unspecified atom stereocenters. The molecule has 4 heteroatoms. The van der Waals surface area contributed by atoms with Gasteiger partial charge in [-0.3, -0.25) is 4.79 Å². The Labute approximate surface area is 115 Å². The summed E-state index contributed by atoms with van der Waals surface area (Å²) in [6, 6.07) is 8.27. The second-order valence-electron chi connectivity index (χ2n) is 5.12. The first-order valence-electron chi connectivity index (χ1n) is 7.03. The van der Waals surface area contributed by atoms with Gasteiger partial charge in [0.05, 0.1) is 12.2 Å². The summed E-state index contributed by atoms with van der Waals surface area (Å²) in [6.45, 7) is 4.94. The van der Waals surface area contributed by atoms with Crippen LogP contribution in [0.3, 0.4) is 0 Å². The minimum absolute atomic E-state index is 0.0368. The van der Waals surface area contributed by atoms with Gasteiger partial charge in [-0.15, -0.1) is 0 Å². The first-order valence-corrected chi connectivity index (χ1v) is 7.03. The smallest absolute Gasteiger partial charge is 0.223 e. The fourth-order valence-electron chi connectivity index (χ4n) is 2.55. The fraction of sp³-hybridized carbons (Fsp3) is 0.533. The summed E-state index contributed by atoms with van der Waals surface area (Å²) in [5.41, 5.74) is 8.58. The van der Waals surface area contributed by atoms with Crippen LogP contribution >= 0.6 is 0 Å². The lowest BCUT2D eigenvalue weighted by molar-refractivity contribution is -0.129.